The maximum absolute atomic E-state index is 12.5. The molecule has 0 aromatic heterocycles. The van der Waals surface area contributed by atoms with E-state index < -0.39 is 5.41 Å². The van der Waals surface area contributed by atoms with Crippen LogP contribution in [0.4, 0.5) is 5.69 Å². The van der Waals surface area contributed by atoms with E-state index in [-0.39, 0.29) is 11.8 Å². The summed E-state index contributed by atoms with van der Waals surface area (Å²) in [4.78, 5) is 24.2. The third kappa shape index (κ3) is 2.89. The maximum atomic E-state index is 12.5. The van der Waals surface area contributed by atoms with Gasteiger partial charge in [0.25, 0.3) is 5.91 Å². The summed E-state index contributed by atoms with van der Waals surface area (Å²) < 4.78 is 5.21. The van der Waals surface area contributed by atoms with Crippen molar-refractivity contribution in [1.82, 2.24) is 5.32 Å². The molecule has 2 rings (SSSR count). The number of anilines is 1. The molecule has 22 heavy (non-hydrogen) atoms. The van der Waals surface area contributed by atoms with Crippen LogP contribution < -0.4 is 15.4 Å². The van der Waals surface area contributed by atoms with Crippen molar-refractivity contribution in [2.24, 2.45) is 5.41 Å². The highest BCUT2D eigenvalue weighted by atomic mass is 16.5. The minimum absolute atomic E-state index is 0.256. The van der Waals surface area contributed by atoms with Crippen molar-refractivity contribution in [3.8, 4) is 11.8 Å². The van der Waals surface area contributed by atoms with Crippen LogP contribution in [0.15, 0.2) is 18.2 Å². The number of carbonyl (C=O) groups is 2. The maximum Gasteiger partial charge on any atom is 0.251 e. The standard InChI is InChI=1S/C16H19N3O3/c1-18-14(20)11-5-6-13(22-2)12(9-11)19-15(21)16(10-17)7-3-4-8-16/h5-6,9H,3-4,7-8H2,1-2H3,(H,18,20)(H,19,21). The molecular weight excluding hydrogens is 282 g/mol. The molecule has 1 fully saturated rings. The lowest BCUT2D eigenvalue weighted by Gasteiger charge is -2.20. The summed E-state index contributed by atoms with van der Waals surface area (Å²) in [7, 11) is 3.02. The molecule has 1 aromatic carbocycles. The van der Waals surface area contributed by atoms with Gasteiger partial charge in [0.2, 0.25) is 5.91 Å². The van der Waals surface area contributed by atoms with Gasteiger partial charge in [-0.1, -0.05) is 12.8 Å². The van der Waals surface area contributed by atoms with Gasteiger partial charge >= 0.3 is 0 Å². The molecular formula is C16H19N3O3. The highest BCUT2D eigenvalue weighted by Gasteiger charge is 2.41. The molecule has 1 aliphatic rings. The molecule has 0 heterocycles. The number of nitrogens with one attached hydrogen (secondary N) is 2. The first-order chi connectivity index (χ1) is 10.6. The van der Waals surface area contributed by atoms with Crippen LogP contribution in [0, 0.1) is 16.7 Å². The van der Waals surface area contributed by atoms with Gasteiger partial charge in [-0.05, 0) is 31.0 Å². The van der Waals surface area contributed by atoms with Crippen molar-refractivity contribution < 1.29 is 14.3 Å². The van der Waals surface area contributed by atoms with E-state index in [1.807, 2.05) is 0 Å². The normalized spacial score (nSPS) is 15.7. The van der Waals surface area contributed by atoms with Crippen LogP contribution in [0.3, 0.4) is 0 Å². The Bertz CT molecular complexity index is 628. The molecule has 0 spiro atoms. The fraction of sp³-hybridized carbons (Fsp3) is 0.438. The van der Waals surface area contributed by atoms with E-state index in [4.69, 9.17) is 4.74 Å². The number of ether oxygens (including phenoxy) is 1. The van der Waals surface area contributed by atoms with Crippen molar-refractivity contribution >= 4 is 17.5 Å². The van der Waals surface area contributed by atoms with Gasteiger partial charge in [0.15, 0.2) is 0 Å². The summed E-state index contributed by atoms with van der Waals surface area (Å²) in [5, 5.41) is 14.6. The van der Waals surface area contributed by atoms with E-state index in [0.29, 0.717) is 29.8 Å². The molecule has 0 saturated heterocycles. The van der Waals surface area contributed by atoms with Gasteiger partial charge in [-0.25, -0.2) is 0 Å². The van der Waals surface area contributed by atoms with Crippen LogP contribution in [0.5, 0.6) is 5.75 Å². The highest BCUT2D eigenvalue weighted by molar-refractivity contribution is 6.01. The Balaban J connectivity index is 2.29. The summed E-state index contributed by atoms with van der Waals surface area (Å²) in [5.74, 6) is -0.138. The minimum Gasteiger partial charge on any atom is -0.495 e. The zero-order valence-corrected chi connectivity index (χ0v) is 12.7. The number of nitrogens with zero attached hydrogens (tertiary/aromatic N) is 1. The van der Waals surface area contributed by atoms with Crippen LogP contribution >= 0.6 is 0 Å². The monoisotopic (exact) mass is 301 g/mol. The highest BCUT2D eigenvalue weighted by Crippen LogP contribution is 2.39. The molecule has 1 aliphatic carbocycles. The van der Waals surface area contributed by atoms with Crippen molar-refractivity contribution in [1.29, 1.82) is 5.26 Å². The smallest absolute Gasteiger partial charge is 0.251 e. The Morgan fingerprint density at radius 1 is 1.32 bits per heavy atom. The van der Waals surface area contributed by atoms with Gasteiger partial charge in [-0.15, -0.1) is 0 Å². The fourth-order valence-corrected chi connectivity index (χ4v) is 2.70. The zero-order chi connectivity index (χ0) is 16.2. The van der Waals surface area contributed by atoms with E-state index in [9.17, 15) is 14.9 Å². The summed E-state index contributed by atoms with van der Waals surface area (Å²) >= 11 is 0. The number of benzene rings is 1. The number of methoxy groups -OCH3 is 1. The molecule has 0 unspecified atom stereocenters. The van der Waals surface area contributed by atoms with E-state index in [1.165, 1.54) is 14.2 Å². The second kappa shape index (κ2) is 6.48. The number of hydrogen-bond donors (Lipinski definition) is 2. The van der Waals surface area contributed by atoms with Gasteiger partial charge in [0, 0.05) is 12.6 Å². The molecule has 2 N–H and O–H groups in total. The van der Waals surface area contributed by atoms with Crippen LogP contribution in [-0.2, 0) is 4.79 Å². The Hall–Kier alpha value is -2.55. The number of carbonyl (C=O) groups excluding carboxylic acids is 2. The molecule has 1 saturated carbocycles. The summed E-state index contributed by atoms with van der Waals surface area (Å²) in [6.07, 6.45) is 2.87. The van der Waals surface area contributed by atoms with Crippen LogP contribution in [0.1, 0.15) is 36.0 Å². The lowest BCUT2D eigenvalue weighted by Crippen LogP contribution is -2.32. The third-order valence-corrected chi connectivity index (χ3v) is 4.04. The Morgan fingerprint density at radius 2 is 2.00 bits per heavy atom. The first-order valence-electron chi connectivity index (χ1n) is 7.19. The molecule has 2 amide bonds. The van der Waals surface area contributed by atoms with Crippen molar-refractivity contribution in [3.63, 3.8) is 0 Å². The third-order valence-electron chi connectivity index (χ3n) is 4.04. The number of rotatable bonds is 4. The Labute approximate surface area is 129 Å². The van der Waals surface area contributed by atoms with E-state index in [0.717, 1.165) is 12.8 Å². The predicted molar refractivity (Wildman–Crippen MR) is 81.5 cm³/mol. The Morgan fingerprint density at radius 3 is 2.55 bits per heavy atom. The van der Waals surface area contributed by atoms with Crippen molar-refractivity contribution in [2.45, 2.75) is 25.7 Å². The molecule has 116 valence electrons. The first kappa shape index (κ1) is 15.8. The molecule has 0 aliphatic heterocycles. The van der Waals surface area contributed by atoms with Crippen LogP contribution in [0.25, 0.3) is 0 Å². The largest absolute Gasteiger partial charge is 0.495 e. The summed E-state index contributed by atoms with van der Waals surface area (Å²) in [5.41, 5.74) is -0.167. The fourth-order valence-electron chi connectivity index (χ4n) is 2.70. The average molecular weight is 301 g/mol. The molecule has 0 atom stereocenters. The minimum atomic E-state index is -0.978. The van der Waals surface area contributed by atoms with Crippen molar-refractivity contribution in [2.75, 3.05) is 19.5 Å². The lowest BCUT2D eigenvalue weighted by molar-refractivity contribution is -0.122. The molecule has 6 nitrogen and oxygen atoms in total. The second-order valence-electron chi connectivity index (χ2n) is 5.35. The molecule has 6 heteroatoms. The van der Waals surface area contributed by atoms with Crippen molar-refractivity contribution in [3.05, 3.63) is 23.8 Å². The van der Waals surface area contributed by atoms with Gasteiger partial charge < -0.3 is 15.4 Å². The van der Waals surface area contributed by atoms with E-state index in [1.54, 1.807) is 18.2 Å². The first-order valence-corrected chi connectivity index (χ1v) is 7.19. The van der Waals surface area contributed by atoms with Crippen LogP contribution in [0.2, 0.25) is 0 Å². The quantitative estimate of drug-likeness (QED) is 0.890. The molecule has 0 bridgehead atoms. The number of amides is 2. The average Bonchev–Trinajstić information content (AvgIpc) is 3.04. The lowest BCUT2D eigenvalue weighted by atomic mass is 9.87. The summed E-state index contributed by atoms with van der Waals surface area (Å²) in [6.45, 7) is 0. The topological polar surface area (TPSA) is 91.2 Å². The molecule has 1 aromatic rings. The van der Waals surface area contributed by atoms with Gasteiger partial charge in [-0.3, -0.25) is 9.59 Å². The number of hydrogen-bond acceptors (Lipinski definition) is 4. The summed E-state index contributed by atoms with van der Waals surface area (Å²) in [6, 6.07) is 6.94. The Kier molecular flexibility index (Phi) is 4.66. The predicted octanol–water partition coefficient (Wildman–Crippen LogP) is 2.08. The molecule has 0 radical (unpaired) electrons. The van der Waals surface area contributed by atoms with Gasteiger partial charge in [0.05, 0.1) is 18.9 Å². The number of nitriles is 1. The zero-order valence-electron chi connectivity index (χ0n) is 12.7. The SMILES string of the molecule is CNC(=O)c1ccc(OC)c(NC(=O)C2(C#N)CCCC2)c1. The van der Waals surface area contributed by atoms with Gasteiger partial charge in [-0.2, -0.15) is 5.26 Å². The van der Waals surface area contributed by atoms with Gasteiger partial charge in [0.1, 0.15) is 11.2 Å². The van der Waals surface area contributed by atoms with E-state index in [2.05, 4.69) is 16.7 Å². The van der Waals surface area contributed by atoms with E-state index >= 15 is 0 Å². The second-order valence-corrected chi connectivity index (χ2v) is 5.35. The van der Waals surface area contributed by atoms with Crippen LogP contribution in [-0.4, -0.2) is 26.0 Å².